The van der Waals surface area contributed by atoms with Gasteiger partial charge in [-0.1, -0.05) is 33.8 Å². The van der Waals surface area contributed by atoms with Crippen LogP contribution >= 0.6 is 0 Å². The number of benzene rings is 2. The summed E-state index contributed by atoms with van der Waals surface area (Å²) >= 11 is 0. The highest BCUT2D eigenvalue weighted by molar-refractivity contribution is 5.77. The Bertz CT molecular complexity index is 1550. The number of aryl methyl sites for hydroxylation is 1. The summed E-state index contributed by atoms with van der Waals surface area (Å²) < 4.78 is 96.6. The fraction of sp³-hybridized carbons (Fsp3) is 0.588. The first-order valence-corrected chi connectivity index (χ1v) is 15.8. The van der Waals surface area contributed by atoms with Crippen molar-refractivity contribution in [2.75, 3.05) is 33.2 Å². The molecule has 2 aliphatic heterocycles. The number of piperidine rings is 1. The number of carbonyl (C=O) groups excluding carboxylic acids is 2. The number of hydrogen-bond acceptors (Lipinski definition) is 5. The highest BCUT2D eigenvalue weighted by Gasteiger charge is 2.68. The van der Waals surface area contributed by atoms with E-state index in [2.05, 4.69) is 0 Å². The minimum Gasteiger partial charge on any atom is -0.348 e. The minimum absolute atomic E-state index is 0.0100. The summed E-state index contributed by atoms with van der Waals surface area (Å²) in [4.78, 5) is 32.0. The van der Waals surface area contributed by atoms with Gasteiger partial charge in [-0.2, -0.15) is 26.3 Å². The average molecular weight is 705 g/mol. The molecule has 0 aliphatic carbocycles. The van der Waals surface area contributed by atoms with Gasteiger partial charge in [-0.05, 0) is 60.9 Å². The van der Waals surface area contributed by atoms with E-state index in [9.17, 15) is 50.5 Å². The number of likely N-dealkylation sites (tertiary alicyclic amines) is 1. The maximum atomic E-state index is 14.6. The van der Waals surface area contributed by atoms with Crippen molar-refractivity contribution in [2.24, 2.45) is 10.8 Å². The van der Waals surface area contributed by atoms with Crippen molar-refractivity contribution in [1.82, 2.24) is 19.6 Å². The molecule has 8 nitrogen and oxygen atoms in total. The van der Waals surface area contributed by atoms with E-state index in [1.807, 2.05) is 18.7 Å². The van der Waals surface area contributed by atoms with Gasteiger partial charge in [0.25, 0.3) is 5.91 Å². The zero-order valence-electron chi connectivity index (χ0n) is 28.7. The van der Waals surface area contributed by atoms with E-state index in [1.165, 1.54) is 26.0 Å². The van der Waals surface area contributed by atoms with Crippen molar-refractivity contribution in [3.05, 3.63) is 70.0 Å². The molecule has 3 amide bonds. The summed E-state index contributed by atoms with van der Waals surface area (Å²) in [6, 6.07) is 0.457. The molecular weight excluding hydrogens is 661 g/mol. The lowest BCUT2D eigenvalue weighted by Crippen LogP contribution is -2.78. The van der Waals surface area contributed by atoms with Gasteiger partial charge in [-0.3, -0.25) is 14.6 Å². The van der Waals surface area contributed by atoms with Gasteiger partial charge in [0, 0.05) is 51.6 Å². The number of alkyl halides is 6. The molecule has 2 aromatic carbocycles. The SMILES string of the molecule is CC(=O)N1CCN(C2C(C)(C)C(c3ccc(F)cc3C)N(C(=O)N(C)C(C)c3cc(C(F)(F)F)cc(C(F)(F)F)c3)C(O)(O)C2(C)C)CC1. The fourth-order valence-electron chi connectivity index (χ4n) is 7.82. The second-order valence-electron chi connectivity index (χ2n) is 14.3. The standard InChI is InChI=1S/C34H43F7N4O4/c1-19-15-25(35)9-10-26(19)27-30(4,5)28(44-13-11-43(12-14-44)21(3)46)31(6,7)34(48,49)45(27)29(47)42(8)20(2)22-16-23(32(36,37)38)18-24(17-22)33(39,40)41/h9-10,15-18,20,27-28,48-49H,11-14H2,1-8H3. The summed E-state index contributed by atoms with van der Waals surface area (Å²) in [7, 11) is 1.15. The first-order valence-electron chi connectivity index (χ1n) is 15.8. The first kappa shape index (κ1) is 38.4. The topological polar surface area (TPSA) is 87.6 Å². The monoisotopic (exact) mass is 704 g/mol. The molecule has 2 N–H and O–H groups in total. The average Bonchev–Trinajstić information content (AvgIpc) is 2.97. The molecule has 272 valence electrons. The molecule has 0 radical (unpaired) electrons. The molecule has 0 spiro atoms. The molecule has 2 aliphatic rings. The molecular formula is C34H43F7N4O4. The summed E-state index contributed by atoms with van der Waals surface area (Å²) in [6.07, 6.45) is -10.2. The van der Waals surface area contributed by atoms with Gasteiger partial charge in [-0.25, -0.2) is 9.18 Å². The van der Waals surface area contributed by atoms with Crippen LogP contribution in [0.3, 0.4) is 0 Å². The second-order valence-corrected chi connectivity index (χ2v) is 14.3. The number of rotatable bonds is 4. The molecule has 3 atom stereocenters. The van der Waals surface area contributed by atoms with E-state index in [-0.39, 0.29) is 12.0 Å². The Kier molecular flexibility index (Phi) is 9.96. The Morgan fingerprint density at radius 1 is 0.898 bits per heavy atom. The van der Waals surface area contributed by atoms with Gasteiger partial charge in [0.1, 0.15) is 5.82 Å². The van der Waals surface area contributed by atoms with Gasteiger partial charge < -0.3 is 20.0 Å². The van der Waals surface area contributed by atoms with Crippen LogP contribution in [0, 0.1) is 23.6 Å². The van der Waals surface area contributed by atoms with Crippen LogP contribution in [-0.4, -0.2) is 86.9 Å². The van der Waals surface area contributed by atoms with Gasteiger partial charge >= 0.3 is 18.4 Å². The van der Waals surface area contributed by atoms with Crippen LogP contribution in [0.15, 0.2) is 36.4 Å². The maximum Gasteiger partial charge on any atom is 0.416 e. The molecule has 0 saturated carbocycles. The van der Waals surface area contributed by atoms with Crippen molar-refractivity contribution in [3.63, 3.8) is 0 Å². The van der Waals surface area contributed by atoms with E-state index in [1.54, 1.807) is 25.7 Å². The highest BCUT2D eigenvalue weighted by atomic mass is 19.4. The van der Waals surface area contributed by atoms with Gasteiger partial charge in [0.15, 0.2) is 0 Å². The molecule has 2 heterocycles. The fourth-order valence-corrected chi connectivity index (χ4v) is 7.82. The number of urea groups is 1. The van der Waals surface area contributed by atoms with E-state index in [0.29, 0.717) is 49.4 Å². The molecule has 2 saturated heterocycles. The van der Waals surface area contributed by atoms with Crippen LogP contribution in [-0.2, 0) is 17.1 Å². The summed E-state index contributed by atoms with van der Waals surface area (Å²) in [6.45, 7) is 12.5. The largest absolute Gasteiger partial charge is 0.416 e. The van der Waals surface area contributed by atoms with Gasteiger partial charge in [0.05, 0.1) is 28.6 Å². The Balaban J connectivity index is 1.87. The van der Waals surface area contributed by atoms with E-state index < -0.39 is 75.8 Å². The van der Waals surface area contributed by atoms with E-state index in [0.717, 1.165) is 22.9 Å². The van der Waals surface area contributed by atoms with Crippen molar-refractivity contribution in [1.29, 1.82) is 0 Å². The molecule has 49 heavy (non-hydrogen) atoms. The Labute approximate surface area is 281 Å². The van der Waals surface area contributed by atoms with Crippen molar-refractivity contribution >= 4 is 11.9 Å². The third kappa shape index (κ3) is 6.85. The smallest absolute Gasteiger partial charge is 0.348 e. The summed E-state index contributed by atoms with van der Waals surface area (Å²) in [5.74, 6) is -3.66. The first-order chi connectivity index (χ1) is 22.2. The quantitative estimate of drug-likeness (QED) is 0.278. The normalized spacial score (nSPS) is 23.3. The third-order valence-corrected chi connectivity index (χ3v) is 10.4. The zero-order valence-corrected chi connectivity index (χ0v) is 28.7. The van der Waals surface area contributed by atoms with E-state index >= 15 is 0 Å². The third-order valence-electron chi connectivity index (χ3n) is 10.4. The molecule has 2 aromatic rings. The lowest BCUT2D eigenvalue weighted by atomic mass is 9.58. The number of carbonyl (C=O) groups is 2. The molecule has 2 fully saturated rings. The number of aliphatic hydroxyl groups is 2. The number of halogens is 7. The van der Waals surface area contributed by atoms with Crippen LogP contribution in [0.4, 0.5) is 35.5 Å². The van der Waals surface area contributed by atoms with Gasteiger partial charge in [0.2, 0.25) is 5.91 Å². The number of nitrogens with zero attached hydrogens (tertiary/aromatic N) is 4. The maximum absolute atomic E-state index is 14.6. The Hall–Kier alpha value is -3.43. The van der Waals surface area contributed by atoms with Crippen LogP contribution < -0.4 is 0 Å². The number of amides is 3. The second kappa shape index (κ2) is 12.7. The van der Waals surface area contributed by atoms with Crippen molar-refractivity contribution in [3.8, 4) is 0 Å². The Morgan fingerprint density at radius 2 is 1.41 bits per heavy atom. The molecule has 0 bridgehead atoms. The highest BCUT2D eigenvalue weighted by Crippen LogP contribution is 2.59. The predicted octanol–water partition coefficient (Wildman–Crippen LogP) is 6.56. The van der Waals surface area contributed by atoms with Crippen LogP contribution in [0.1, 0.15) is 81.4 Å². The minimum atomic E-state index is -5.12. The van der Waals surface area contributed by atoms with Crippen molar-refractivity contribution in [2.45, 2.75) is 84.9 Å². The summed E-state index contributed by atoms with van der Waals surface area (Å²) in [5.41, 5.74) is -5.47. The molecule has 15 heteroatoms. The lowest BCUT2D eigenvalue weighted by molar-refractivity contribution is -0.369. The zero-order chi connectivity index (χ0) is 37.2. The van der Waals surface area contributed by atoms with Gasteiger partial charge in [-0.15, -0.1) is 0 Å². The molecule has 4 rings (SSSR count). The summed E-state index contributed by atoms with van der Waals surface area (Å²) in [5, 5.41) is 24.3. The van der Waals surface area contributed by atoms with Crippen LogP contribution in [0.5, 0.6) is 0 Å². The predicted molar refractivity (Wildman–Crippen MR) is 166 cm³/mol. The Morgan fingerprint density at radius 3 is 1.86 bits per heavy atom. The molecule has 0 aromatic heterocycles. The lowest BCUT2D eigenvalue weighted by Gasteiger charge is -2.66. The molecule has 3 unspecified atom stereocenters. The number of piperazine rings is 1. The van der Waals surface area contributed by atoms with Crippen LogP contribution in [0.25, 0.3) is 0 Å². The van der Waals surface area contributed by atoms with E-state index in [4.69, 9.17) is 0 Å². The van der Waals surface area contributed by atoms with Crippen molar-refractivity contribution < 1.29 is 50.5 Å². The van der Waals surface area contributed by atoms with Crippen LogP contribution in [0.2, 0.25) is 0 Å². The number of hydrogen-bond donors (Lipinski definition) is 2.